The van der Waals surface area contributed by atoms with Gasteiger partial charge in [0.2, 0.25) is 0 Å². The Morgan fingerprint density at radius 1 is 1.00 bits per heavy atom. The van der Waals surface area contributed by atoms with Crippen molar-refractivity contribution >= 4 is 0 Å². The second-order valence-corrected chi connectivity index (χ2v) is 4.67. The zero-order chi connectivity index (χ0) is 8.93. The van der Waals surface area contributed by atoms with Crippen molar-refractivity contribution < 1.29 is 0 Å². The lowest BCUT2D eigenvalue weighted by Crippen LogP contribution is -2.34. The van der Waals surface area contributed by atoms with Crippen molar-refractivity contribution in [1.82, 2.24) is 4.90 Å². The Morgan fingerprint density at radius 3 is 2.38 bits per heavy atom. The van der Waals surface area contributed by atoms with Crippen LogP contribution in [0.25, 0.3) is 0 Å². The molecule has 2 aliphatic rings. The molecule has 75 valence electrons. The molecular formula is C12H22N. The minimum Gasteiger partial charge on any atom is -0.303 e. The van der Waals surface area contributed by atoms with Gasteiger partial charge in [0, 0.05) is 6.54 Å². The lowest BCUT2D eigenvalue weighted by Gasteiger charge is -2.32. The van der Waals surface area contributed by atoms with E-state index in [1.807, 2.05) is 0 Å². The second kappa shape index (κ2) is 4.99. The van der Waals surface area contributed by atoms with Crippen molar-refractivity contribution in [2.45, 2.75) is 44.9 Å². The molecule has 1 radical (unpaired) electrons. The average molecular weight is 180 g/mol. The van der Waals surface area contributed by atoms with E-state index < -0.39 is 0 Å². The Kier molecular flexibility index (Phi) is 3.65. The largest absolute Gasteiger partial charge is 0.303 e. The Balaban J connectivity index is 1.69. The van der Waals surface area contributed by atoms with Crippen LogP contribution in [-0.4, -0.2) is 24.5 Å². The maximum atomic E-state index is 2.68. The number of likely N-dealkylation sites (tertiary alicyclic amines) is 1. The summed E-state index contributed by atoms with van der Waals surface area (Å²) in [4.78, 5) is 2.68. The van der Waals surface area contributed by atoms with Crippen LogP contribution < -0.4 is 0 Å². The molecule has 1 saturated carbocycles. The van der Waals surface area contributed by atoms with Crippen LogP contribution in [0, 0.1) is 12.3 Å². The number of nitrogens with zero attached hydrogens (tertiary/aromatic N) is 1. The summed E-state index contributed by atoms with van der Waals surface area (Å²) in [6.07, 6.45) is 12.6. The molecule has 1 aliphatic heterocycles. The van der Waals surface area contributed by atoms with E-state index in [0.29, 0.717) is 0 Å². The predicted molar refractivity (Wildman–Crippen MR) is 56.5 cm³/mol. The molecule has 1 saturated heterocycles. The molecule has 2 fully saturated rings. The van der Waals surface area contributed by atoms with Gasteiger partial charge in [0.1, 0.15) is 0 Å². The summed E-state index contributed by atoms with van der Waals surface area (Å²) in [6, 6.07) is 0. The predicted octanol–water partition coefficient (Wildman–Crippen LogP) is 2.87. The molecule has 0 amide bonds. The molecule has 0 N–H and O–H groups in total. The highest BCUT2D eigenvalue weighted by Crippen LogP contribution is 2.25. The van der Waals surface area contributed by atoms with E-state index in [0.717, 1.165) is 5.92 Å². The van der Waals surface area contributed by atoms with E-state index >= 15 is 0 Å². The van der Waals surface area contributed by atoms with Crippen molar-refractivity contribution in [3.63, 3.8) is 0 Å². The Hall–Kier alpha value is -0.0400. The first kappa shape index (κ1) is 9.51. The molecule has 1 heterocycles. The summed E-state index contributed by atoms with van der Waals surface area (Å²) in [5.41, 5.74) is 0. The van der Waals surface area contributed by atoms with E-state index in [-0.39, 0.29) is 0 Å². The molecular weight excluding hydrogens is 158 g/mol. The van der Waals surface area contributed by atoms with Crippen LogP contribution >= 0.6 is 0 Å². The fourth-order valence-corrected chi connectivity index (χ4v) is 2.72. The standard InChI is InChI=1S/C12H22N/c1-3-7-12(8-4-1)11-13-9-5-2-6-10-13/h2,12H,1,3-11H2. The fourth-order valence-electron chi connectivity index (χ4n) is 2.72. The van der Waals surface area contributed by atoms with E-state index in [9.17, 15) is 0 Å². The van der Waals surface area contributed by atoms with Crippen molar-refractivity contribution in [1.29, 1.82) is 0 Å². The molecule has 0 spiro atoms. The first-order valence-electron chi connectivity index (χ1n) is 5.99. The lowest BCUT2D eigenvalue weighted by molar-refractivity contribution is 0.189. The van der Waals surface area contributed by atoms with Gasteiger partial charge in [-0.15, -0.1) is 0 Å². The Labute approximate surface area is 82.5 Å². The molecule has 0 aromatic rings. The van der Waals surface area contributed by atoms with Crippen LogP contribution in [0.15, 0.2) is 0 Å². The Morgan fingerprint density at radius 2 is 1.69 bits per heavy atom. The molecule has 0 unspecified atom stereocenters. The maximum Gasteiger partial charge on any atom is 0.000966 e. The van der Waals surface area contributed by atoms with Crippen molar-refractivity contribution in [2.24, 2.45) is 5.92 Å². The van der Waals surface area contributed by atoms with Gasteiger partial charge in [-0.1, -0.05) is 19.3 Å². The first-order chi connectivity index (χ1) is 6.45. The maximum absolute atomic E-state index is 2.68. The third-order valence-corrected chi connectivity index (χ3v) is 3.54. The summed E-state index contributed by atoms with van der Waals surface area (Å²) < 4.78 is 0. The number of hydrogen-bond acceptors (Lipinski definition) is 1. The summed E-state index contributed by atoms with van der Waals surface area (Å²) in [5, 5.41) is 0. The van der Waals surface area contributed by atoms with Gasteiger partial charge in [0.25, 0.3) is 0 Å². The first-order valence-corrected chi connectivity index (χ1v) is 5.99. The molecule has 0 aromatic heterocycles. The fraction of sp³-hybridized carbons (Fsp3) is 0.917. The molecule has 13 heavy (non-hydrogen) atoms. The van der Waals surface area contributed by atoms with E-state index in [1.54, 1.807) is 0 Å². The van der Waals surface area contributed by atoms with Gasteiger partial charge >= 0.3 is 0 Å². The summed E-state index contributed by atoms with van der Waals surface area (Å²) in [5.74, 6) is 1.03. The SMILES string of the molecule is [CH]1CCN(CC2CCCCC2)CC1. The highest BCUT2D eigenvalue weighted by molar-refractivity contribution is 4.79. The monoisotopic (exact) mass is 180 g/mol. The van der Waals surface area contributed by atoms with Gasteiger partial charge in [-0.25, -0.2) is 0 Å². The van der Waals surface area contributed by atoms with Crippen LogP contribution in [0.1, 0.15) is 44.9 Å². The topological polar surface area (TPSA) is 3.24 Å². The Bertz CT molecular complexity index is 116. The van der Waals surface area contributed by atoms with Crippen LogP contribution in [0.3, 0.4) is 0 Å². The normalized spacial score (nSPS) is 27.7. The number of hydrogen-bond donors (Lipinski definition) is 0. The van der Waals surface area contributed by atoms with E-state index in [1.165, 1.54) is 64.6 Å². The average Bonchev–Trinajstić information content (AvgIpc) is 2.21. The van der Waals surface area contributed by atoms with Gasteiger partial charge in [0.05, 0.1) is 0 Å². The number of piperidine rings is 1. The minimum atomic E-state index is 1.03. The molecule has 0 atom stereocenters. The van der Waals surface area contributed by atoms with Gasteiger partial charge in [0.15, 0.2) is 0 Å². The minimum absolute atomic E-state index is 1.03. The summed E-state index contributed by atoms with van der Waals surface area (Å²) >= 11 is 0. The lowest BCUT2D eigenvalue weighted by atomic mass is 9.88. The molecule has 1 nitrogen and oxygen atoms in total. The second-order valence-electron chi connectivity index (χ2n) is 4.67. The molecule has 0 aromatic carbocycles. The van der Waals surface area contributed by atoms with Gasteiger partial charge < -0.3 is 4.90 Å². The van der Waals surface area contributed by atoms with Gasteiger partial charge in [-0.2, -0.15) is 0 Å². The molecule has 2 rings (SSSR count). The summed E-state index contributed by atoms with van der Waals surface area (Å²) in [6.45, 7) is 4.06. The molecule has 1 aliphatic carbocycles. The third-order valence-electron chi connectivity index (χ3n) is 3.54. The van der Waals surface area contributed by atoms with Crippen LogP contribution in [0.4, 0.5) is 0 Å². The molecule has 0 bridgehead atoms. The van der Waals surface area contributed by atoms with E-state index in [2.05, 4.69) is 11.3 Å². The zero-order valence-electron chi connectivity index (χ0n) is 8.67. The van der Waals surface area contributed by atoms with Gasteiger partial charge in [-0.05, 0) is 51.1 Å². The van der Waals surface area contributed by atoms with Crippen molar-refractivity contribution in [2.75, 3.05) is 19.6 Å². The summed E-state index contributed by atoms with van der Waals surface area (Å²) in [7, 11) is 0. The van der Waals surface area contributed by atoms with Crippen molar-refractivity contribution in [3.05, 3.63) is 6.42 Å². The van der Waals surface area contributed by atoms with Crippen molar-refractivity contribution in [3.8, 4) is 0 Å². The highest BCUT2D eigenvalue weighted by atomic mass is 15.1. The molecule has 1 heteroatoms. The quantitative estimate of drug-likeness (QED) is 0.631. The highest BCUT2D eigenvalue weighted by Gasteiger charge is 2.18. The smallest absolute Gasteiger partial charge is 0.000966 e. The van der Waals surface area contributed by atoms with E-state index in [4.69, 9.17) is 0 Å². The van der Waals surface area contributed by atoms with Crippen LogP contribution in [0.5, 0.6) is 0 Å². The zero-order valence-corrected chi connectivity index (χ0v) is 8.67. The number of rotatable bonds is 2. The third kappa shape index (κ3) is 2.98. The van der Waals surface area contributed by atoms with Crippen LogP contribution in [0.2, 0.25) is 0 Å². The van der Waals surface area contributed by atoms with Crippen LogP contribution in [-0.2, 0) is 0 Å². The van der Waals surface area contributed by atoms with Gasteiger partial charge in [-0.3, -0.25) is 0 Å².